The first kappa shape index (κ1) is 10.4. The Kier molecular flexibility index (Phi) is 2.62. The van der Waals surface area contributed by atoms with E-state index in [1.165, 1.54) is 0 Å². The van der Waals surface area contributed by atoms with Crippen LogP contribution in [-0.4, -0.2) is 27.6 Å². The number of fused-ring (bicyclic) bond motifs is 1. The number of nitrogens with two attached hydrogens (primary N) is 1. The summed E-state index contributed by atoms with van der Waals surface area (Å²) < 4.78 is 7.54. The zero-order valence-electron chi connectivity index (χ0n) is 9.41. The summed E-state index contributed by atoms with van der Waals surface area (Å²) in [6.07, 6.45) is 0.0489. The van der Waals surface area contributed by atoms with Crippen LogP contribution in [-0.2, 0) is 17.9 Å². The van der Waals surface area contributed by atoms with E-state index >= 15 is 0 Å². The number of rotatable bonds is 2. The molecule has 1 aliphatic rings. The van der Waals surface area contributed by atoms with Crippen molar-refractivity contribution in [3.63, 3.8) is 0 Å². The van der Waals surface area contributed by atoms with Crippen molar-refractivity contribution >= 4 is 0 Å². The van der Waals surface area contributed by atoms with Gasteiger partial charge in [-0.15, -0.1) is 5.10 Å². The summed E-state index contributed by atoms with van der Waals surface area (Å²) in [4.78, 5) is 0. The Balaban J connectivity index is 1.97. The molecule has 2 N–H and O–H groups in total. The highest BCUT2D eigenvalue weighted by Crippen LogP contribution is 2.24. The summed E-state index contributed by atoms with van der Waals surface area (Å²) in [5, 5.41) is 8.39. The van der Waals surface area contributed by atoms with Crippen molar-refractivity contribution in [1.82, 2.24) is 15.0 Å². The van der Waals surface area contributed by atoms with Crippen molar-refractivity contribution < 1.29 is 4.74 Å². The van der Waals surface area contributed by atoms with E-state index in [-0.39, 0.29) is 6.10 Å². The minimum atomic E-state index is 0.0489. The molecule has 1 aromatic heterocycles. The van der Waals surface area contributed by atoms with E-state index in [9.17, 15) is 0 Å². The molecule has 0 spiro atoms. The number of hydrogen-bond donors (Lipinski definition) is 1. The number of benzene rings is 1. The van der Waals surface area contributed by atoms with E-state index in [1.807, 2.05) is 35.0 Å². The maximum Gasteiger partial charge on any atom is 0.118 e. The van der Waals surface area contributed by atoms with Crippen LogP contribution in [0.1, 0.15) is 5.69 Å². The first-order valence-electron chi connectivity index (χ1n) is 5.68. The average Bonchev–Trinajstić information content (AvgIpc) is 2.82. The summed E-state index contributed by atoms with van der Waals surface area (Å²) in [7, 11) is 0. The third-order valence-corrected chi connectivity index (χ3v) is 2.98. The predicted molar refractivity (Wildman–Crippen MR) is 63.1 cm³/mol. The molecule has 1 atom stereocenters. The molecule has 5 heteroatoms. The first-order valence-corrected chi connectivity index (χ1v) is 5.68. The maximum atomic E-state index is 5.65. The second-order valence-electron chi connectivity index (χ2n) is 4.10. The summed E-state index contributed by atoms with van der Waals surface area (Å²) in [6, 6.07) is 10.0. The molecule has 0 bridgehead atoms. The summed E-state index contributed by atoms with van der Waals surface area (Å²) >= 11 is 0. The highest BCUT2D eigenvalue weighted by Gasteiger charge is 2.23. The number of ether oxygens (including phenoxy) is 1. The van der Waals surface area contributed by atoms with E-state index in [2.05, 4.69) is 10.3 Å². The molecule has 2 heterocycles. The molecule has 88 valence electrons. The van der Waals surface area contributed by atoms with Gasteiger partial charge in [0.05, 0.1) is 24.9 Å². The van der Waals surface area contributed by atoms with Crippen LogP contribution in [0, 0.1) is 0 Å². The molecule has 0 saturated carbocycles. The molecule has 0 amide bonds. The van der Waals surface area contributed by atoms with Gasteiger partial charge in [0.1, 0.15) is 5.69 Å². The summed E-state index contributed by atoms with van der Waals surface area (Å²) in [5.74, 6) is 0. The SMILES string of the molecule is NC[C@@H]1Cn2nnc(-c3ccccc3)c2CO1. The molecule has 0 unspecified atom stereocenters. The molecule has 0 fully saturated rings. The number of hydrogen-bond acceptors (Lipinski definition) is 4. The summed E-state index contributed by atoms with van der Waals surface area (Å²) in [5.41, 5.74) is 8.60. The van der Waals surface area contributed by atoms with Gasteiger partial charge >= 0.3 is 0 Å². The monoisotopic (exact) mass is 230 g/mol. The minimum absolute atomic E-state index is 0.0489. The molecule has 1 aromatic carbocycles. The lowest BCUT2D eigenvalue weighted by atomic mass is 10.1. The summed E-state index contributed by atoms with van der Waals surface area (Å²) in [6.45, 7) is 1.73. The molecule has 0 radical (unpaired) electrons. The lowest BCUT2D eigenvalue weighted by Gasteiger charge is -2.22. The van der Waals surface area contributed by atoms with Gasteiger partial charge in [-0.25, -0.2) is 4.68 Å². The van der Waals surface area contributed by atoms with Crippen molar-refractivity contribution in [2.24, 2.45) is 5.73 Å². The lowest BCUT2D eigenvalue weighted by Crippen LogP contribution is -2.33. The highest BCUT2D eigenvalue weighted by atomic mass is 16.5. The molecule has 5 nitrogen and oxygen atoms in total. The van der Waals surface area contributed by atoms with Crippen LogP contribution in [0.5, 0.6) is 0 Å². The molecule has 0 aliphatic carbocycles. The van der Waals surface area contributed by atoms with E-state index in [0.29, 0.717) is 19.7 Å². The number of nitrogens with zero attached hydrogens (tertiary/aromatic N) is 3. The lowest BCUT2D eigenvalue weighted by molar-refractivity contribution is 0.00639. The predicted octanol–water partition coefficient (Wildman–Crippen LogP) is 0.803. The fourth-order valence-corrected chi connectivity index (χ4v) is 2.03. The van der Waals surface area contributed by atoms with E-state index < -0.39 is 0 Å². The normalized spacial score (nSPS) is 19.0. The standard InChI is InChI=1S/C12H14N4O/c13-6-10-7-16-11(8-17-10)12(14-15-16)9-4-2-1-3-5-9/h1-5,10H,6-8,13H2/t10-/m1/s1. The number of aromatic nitrogens is 3. The maximum absolute atomic E-state index is 5.65. The third kappa shape index (κ3) is 1.83. The quantitative estimate of drug-likeness (QED) is 0.828. The zero-order chi connectivity index (χ0) is 11.7. The van der Waals surface area contributed by atoms with E-state index in [4.69, 9.17) is 10.5 Å². The molecule has 0 saturated heterocycles. The molecule has 1 aliphatic heterocycles. The molecular weight excluding hydrogens is 216 g/mol. The van der Waals surface area contributed by atoms with E-state index in [1.54, 1.807) is 0 Å². The van der Waals surface area contributed by atoms with Crippen molar-refractivity contribution in [3.05, 3.63) is 36.0 Å². The van der Waals surface area contributed by atoms with E-state index in [0.717, 1.165) is 17.0 Å². The van der Waals surface area contributed by atoms with Crippen LogP contribution in [0.15, 0.2) is 30.3 Å². The average molecular weight is 230 g/mol. The Morgan fingerprint density at radius 3 is 2.94 bits per heavy atom. The Morgan fingerprint density at radius 1 is 1.35 bits per heavy atom. The van der Waals surface area contributed by atoms with Gasteiger partial charge in [0.15, 0.2) is 0 Å². The Hall–Kier alpha value is -1.72. The topological polar surface area (TPSA) is 66.0 Å². The van der Waals surface area contributed by atoms with Crippen LogP contribution in [0.25, 0.3) is 11.3 Å². The van der Waals surface area contributed by atoms with Gasteiger partial charge < -0.3 is 10.5 Å². The van der Waals surface area contributed by atoms with Gasteiger partial charge in [0, 0.05) is 12.1 Å². The van der Waals surface area contributed by atoms with Crippen molar-refractivity contribution in [1.29, 1.82) is 0 Å². The van der Waals surface area contributed by atoms with Crippen molar-refractivity contribution in [2.75, 3.05) is 6.54 Å². The fourth-order valence-electron chi connectivity index (χ4n) is 2.03. The van der Waals surface area contributed by atoms with Crippen LogP contribution in [0.4, 0.5) is 0 Å². The fraction of sp³-hybridized carbons (Fsp3) is 0.333. The second kappa shape index (κ2) is 4.27. The van der Waals surface area contributed by atoms with Crippen LogP contribution in [0.2, 0.25) is 0 Å². The van der Waals surface area contributed by atoms with Crippen molar-refractivity contribution in [2.45, 2.75) is 19.3 Å². The molecular formula is C12H14N4O. The Morgan fingerprint density at radius 2 is 2.18 bits per heavy atom. The molecule has 3 rings (SSSR count). The molecule has 2 aromatic rings. The van der Waals surface area contributed by atoms with Gasteiger partial charge in [0.25, 0.3) is 0 Å². The van der Waals surface area contributed by atoms with Gasteiger partial charge in [-0.05, 0) is 0 Å². The molecule has 17 heavy (non-hydrogen) atoms. The van der Waals surface area contributed by atoms with Crippen LogP contribution >= 0.6 is 0 Å². The van der Waals surface area contributed by atoms with Gasteiger partial charge in [-0.3, -0.25) is 0 Å². The van der Waals surface area contributed by atoms with Crippen LogP contribution < -0.4 is 5.73 Å². The largest absolute Gasteiger partial charge is 0.369 e. The first-order chi connectivity index (χ1) is 8.38. The van der Waals surface area contributed by atoms with Gasteiger partial charge in [-0.1, -0.05) is 35.5 Å². The van der Waals surface area contributed by atoms with Gasteiger partial charge in [-0.2, -0.15) is 0 Å². The van der Waals surface area contributed by atoms with Crippen LogP contribution in [0.3, 0.4) is 0 Å². The Bertz CT molecular complexity index is 508. The van der Waals surface area contributed by atoms with Gasteiger partial charge in [0.2, 0.25) is 0 Å². The Labute approximate surface area is 99.2 Å². The van der Waals surface area contributed by atoms with Crippen molar-refractivity contribution in [3.8, 4) is 11.3 Å². The second-order valence-corrected chi connectivity index (χ2v) is 4.10. The zero-order valence-corrected chi connectivity index (χ0v) is 9.41. The smallest absolute Gasteiger partial charge is 0.118 e. The highest BCUT2D eigenvalue weighted by molar-refractivity contribution is 5.61. The third-order valence-electron chi connectivity index (χ3n) is 2.98. The minimum Gasteiger partial charge on any atom is -0.369 e.